The van der Waals surface area contributed by atoms with Crippen molar-refractivity contribution in [2.24, 2.45) is 0 Å². The van der Waals surface area contributed by atoms with Crippen molar-refractivity contribution in [2.45, 2.75) is 20.0 Å². The number of hydrogen-bond donors (Lipinski definition) is 0. The fourth-order valence-electron chi connectivity index (χ4n) is 0.995. The van der Waals surface area contributed by atoms with E-state index in [2.05, 4.69) is 0 Å². The predicted molar refractivity (Wildman–Crippen MR) is 61.9 cm³/mol. The lowest BCUT2D eigenvalue weighted by Crippen LogP contribution is -2.13. The van der Waals surface area contributed by atoms with Crippen molar-refractivity contribution >= 4 is 29.0 Å². The third kappa shape index (κ3) is 3.82. The second-order valence-corrected chi connectivity index (χ2v) is 4.23. The SMILES string of the molecule is CC(C)OCC(=O)c1ccc(Cl)c(Cl)c1. The van der Waals surface area contributed by atoms with E-state index in [9.17, 15) is 4.79 Å². The van der Waals surface area contributed by atoms with Crippen molar-refractivity contribution in [3.05, 3.63) is 33.8 Å². The maximum absolute atomic E-state index is 11.6. The number of benzene rings is 1. The Labute approximate surface area is 99.1 Å². The van der Waals surface area contributed by atoms with Crippen LogP contribution in [0, 0.1) is 0 Å². The normalized spacial score (nSPS) is 10.7. The van der Waals surface area contributed by atoms with Crippen LogP contribution in [0.1, 0.15) is 24.2 Å². The zero-order valence-corrected chi connectivity index (χ0v) is 10.1. The third-order valence-electron chi connectivity index (χ3n) is 1.79. The van der Waals surface area contributed by atoms with Crippen LogP contribution >= 0.6 is 23.2 Å². The van der Waals surface area contributed by atoms with Crippen molar-refractivity contribution in [1.82, 2.24) is 0 Å². The minimum absolute atomic E-state index is 0.0386. The van der Waals surface area contributed by atoms with Crippen LogP contribution in [0.15, 0.2) is 18.2 Å². The van der Waals surface area contributed by atoms with Crippen LogP contribution < -0.4 is 0 Å². The minimum atomic E-state index is -0.0951. The molecule has 1 aromatic carbocycles. The van der Waals surface area contributed by atoms with E-state index in [4.69, 9.17) is 27.9 Å². The van der Waals surface area contributed by atoms with E-state index in [1.807, 2.05) is 13.8 Å². The molecule has 0 bridgehead atoms. The van der Waals surface area contributed by atoms with Gasteiger partial charge in [-0.2, -0.15) is 0 Å². The molecule has 15 heavy (non-hydrogen) atoms. The Morgan fingerprint density at radius 3 is 2.53 bits per heavy atom. The number of ketones is 1. The Bertz CT molecular complexity index is 362. The van der Waals surface area contributed by atoms with Crippen LogP contribution in [0.2, 0.25) is 10.0 Å². The van der Waals surface area contributed by atoms with Gasteiger partial charge in [-0.3, -0.25) is 4.79 Å². The molecule has 0 N–H and O–H groups in total. The highest BCUT2D eigenvalue weighted by atomic mass is 35.5. The Morgan fingerprint density at radius 1 is 1.33 bits per heavy atom. The summed E-state index contributed by atoms with van der Waals surface area (Å²) in [5, 5.41) is 0.824. The first-order chi connectivity index (χ1) is 7.00. The number of rotatable bonds is 4. The van der Waals surface area contributed by atoms with Crippen LogP contribution in [0.25, 0.3) is 0 Å². The van der Waals surface area contributed by atoms with Gasteiger partial charge in [0.2, 0.25) is 0 Å². The van der Waals surface area contributed by atoms with Gasteiger partial charge in [-0.15, -0.1) is 0 Å². The summed E-state index contributed by atoms with van der Waals surface area (Å²) in [6.07, 6.45) is 0.0386. The fraction of sp³-hybridized carbons (Fsp3) is 0.364. The maximum atomic E-state index is 11.6. The molecule has 2 nitrogen and oxygen atoms in total. The molecule has 4 heteroatoms. The third-order valence-corrected chi connectivity index (χ3v) is 2.53. The molecule has 0 heterocycles. The molecular formula is C11H12Cl2O2. The number of hydrogen-bond acceptors (Lipinski definition) is 2. The Morgan fingerprint density at radius 2 is 2.00 bits per heavy atom. The topological polar surface area (TPSA) is 26.3 Å². The van der Waals surface area contributed by atoms with Gasteiger partial charge >= 0.3 is 0 Å². The molecule has 0 radical (unpaired) electrons. The van der Waals surface area contributed by atoms with E-state index in [0.29, 0.717) is 15.6 Å². The van der Waals surface area contributed by atoms with Crippen molar-refractivity contribution in [2.75, 3.05) is 6.61 Å². The van der Waals surface area contributed by atoms with E-state index >= 15 is 0 Å². The zero-order valence-electron chi connectivity index (χ0n) is 8.59. The molecule has 0 amide bonds. The molecular weight excluding hydrogens is 235 g/mol. The van der Waals surface area contributed by atoms with Gasteiger partial charge in [0.25, 0.3) is 0 Å². The van der Waals surface area contributed by atoms with Crippen molar-refractivity contribution in [3.8, 4) is 0 Å². The van der Waals surface area contributed by atoms with Crippen LogP contribution in [-0.2, 0) is 4.74 Å². The van der Waals surface area contributed by atoms with Gasteiger partial charge in [0, 0.05) is 5.56 Å². The van der Waals surface area contributed by atoms with Gasteiger partial charge in [0.05, 0.1) is 16.1 Å². The lowest BCUT2D eigenvalue weighted by molar-refractivity contribution is 0.0585. The molecule has 0 saturated carbocycles. The highest BCUT2D eigenvalue weighted by Crippen LogP contribution is 2.22. The van der Waals surface area contributed by atoms with Gasteiger partial charge in [0.1, 0.15) is 6.61 Å². The summed E-state index contributed by atoms with van der Waals surface area (Å²) in [5.41, 5.74) is 0.519. The molecule has 0 fully saturated rings. The number of ether oxygens (including phenoxy) is 1. The Balaban J connectivity index is 2.70. The summed E-state index contributed by atoms with van der Waals surface area (Å²) in [5.74, 6) is -0.0951. The van der Waals surface area contributed by atoms with Gasteiger partial charge in [0.15, 0.2) is 5.78 Å². The standard InChI is InChI=1S/C11H12Cl2O2/c1-7(2)15-6-11(14)8-3-4-9(12)10(13)5-8/h3-5,7H,6H2,1-2H3. The monoisotopic (exact) mass is 246 g/mol. The van der Waals surface area contributed by atoms with E-state index in [1.165, 1.54) is 0 Å². The Kier molecular flexibility index (Phi) is 4.58. The molecule has 0 aliphatic heterocycles. The molecule has 0 saturated heterocycles. The number of halogens is 2. The molecule has 0 atom stereocenters. The van der Waals surface area contributed by atoms with Crippen molar-refractivity contribution in [1.29, 1.82) is 0 Å². The first-order valence-electron chi connectivity index (χ1n) is 4.60. The number of carbonyl (C=O) groups is 1. The highest BCUT2D eigenvalue weighted by molar-refractivity contribution is 6.42. The van der Waals surface area contributed by atoms with Crippen LogP contribution in [0.3, 0.4) is 0 Å². The molecule has 0 aromatic heterocycles. The molecule has 1 rings (SSSR count). The lowest BCUT2D eigenvalue weighted by Gasteiger charge is -2.06. The van der Waals surface area contributed by atoms with E-state index in [1.54, 1.807) is 18.2 Å². The fourth-order valence-corrected chi connectivity index (χ4v) is 1.29. The first-order valence-corrected chi connectivity index (χ1v) is 5.36. The first kappa shape index (κ1) is 12.5. The van der Waals surface area contributed by atoms with Gasteiger partial charge in [-0.1, -0.05) is 23.2 Å². The summed E-state index contributed by atoms with van der Waals surface area (Å²) in [4.78, 5) is 11.6. The van der Waals surface area contributed by atoms with E-state index in [-0.39, 0.29) is 18.5 Å². The van der Waals surface area contributed by atoms with Crippen LogP contribution in [0.5, 0.6) is 0 Å². The lowest BCUT2D eigenvalue weighted by atomic mass is 10.1. The smallest absolute Gasteiger partial charge is 0.188 e. The molecule has 0 aliphatic carbocycles. The predicted octanol–water partition coefficient (Wildman–Crippen LogP) is 3.60. The highest BCUT2D eigenvalue weighted by Gasteiger charge is 2.08. The summed E-state index contributed by atoms with van der Waals surface area (Å²) in [7, 11) is 0. The average Bonchev–Trinajstić information content (AvgIpc) is 2.18. The Hall–Kier alpha value is -0.570. The van der Waals surface area contributed by atoms with E-state index < -0.39 is 0 Å². The summed E-state index contributed by atoms with van der Waals surface area (Å²) in [6, 6.07) is 4.79. The minimum Gasteiger partial charge on any atom is -0.371 e. The number of Topliss-reactive ketones (excluding diaryl/α,β-unsaturated/α-hetero) is 1. The largest absolute Gasteiger partial charge is 0.371 e. The van der Waals surface area contributed by atoms with Crippen molar-refractivity contribution in [3.63, 3.8) is 0 Å². The molecule has 0 aliphatic rings. The zero-order chi connectivity index (χ0) is 11.4. The quantitative estimate of drug-likeness (QED) is 0.760. The summed E-state index contributed by atoms with van der Waals surface area (Å²) >= 11 is 11.5. The molecule has 82 valence electrons. The molecule has 0 spiro atoms. The van der Waals surface area contributed by atoms with Gasteiger partial charge in [-0.25, -0.2) is 0 Å². The molecule has 1 aromatic rings. The van der Waals surface area contributed by atoms with Crippen LogP contribution in [0.4, 0.5) is 0 Å². The molecule has 0 unspecified atom stereocenters. The van der Waals surface area contributed by atoms with Gasteiger partial charge < -0.3 is 4.74 Å². The second-order valence-electron chi connectivity index (χ2n) is 3.41. The van der Waals surface area contributed by atoms with E-state index in [0.717, 1.165) is 0 Å². The van der Waals surface area contributed by atoms with Crippen molar-refractivity contribution < 1.29 is 9.53 Å². The second kappa shape index (κ2) is 5.50. The number of carbonyl (C=O) groups excluding carboxylic acids is 1. The summed E-state index contributed by atoms with van der Waals surface area (Å²) < 4.78 is 5.20. The maximum Gasteiger partial charge on any atom is 0.188 e. The van der Waals surface area contributed by atoms with Crippen LogP contribution in [-0.4, -0.2) is 18.5 Å². The summed E-state index contributed by atoms with van der Waals surface area (Å²) in [6.45, 7) is 3.82. The van der Waals surface area contributed by atoms with Gasteiger partial charge in [-0.05, 0) is 32.0 Å². The average molecular weight is 247 g/mol.